The summed E-state index contributed by atoms with van der Waals surface area (Å²) in [4.78, 5) is 17.1. The number of hydrogen-bond acceptors (Lipinski definition) is 5. The molecule has 1 amide bonds. The molecule has 0 aliphatic heterocycles. The van der Waals surface area contributed by atoms with Crippen molar-refractivity contribution >= 4 is 34.5 Å². The fourth-order valence-corrected chi connectivity index (χ4v) is 3.96. The van der Waals surface area contributed by atoms with E-state index >= 15 is 0 Å². The number of phenols is 1. The Balaban J connectivity index is 2.61. The number of carbonyl (C=O) groups excluding carboxylic acids is 1. The van der Waals surface area contributed by atoms with Gasteiger partial charge in [0.15, 0.2) is 0 Å². The number of unbranched alkanes of at least 4 members (excludes halogenated alkanes) is 1. The van der Waals surface area contributed by atoms with E-state index in [4.69, 9.17) is 11.5 Å². The number of benzene rings is 1. The number of aromatic nitrogens is 2. The monoisotopic (exact) mass is 407 g/mol. The Morgan fingerprint density at radius 3 is 2.60 bits per heavy atom. The van der Waals surface area contributed by atoms with Crippen LogP contribution in [0.2, 0.25) is 0 Å². The lowest BCUT2D eigenvalue weighted by molar-refractivity contribution is 0.100. The Hall–Kier alpha value is -3.48. The predicted molar refractivity (Wildman–Crippen MR) is 123 cm³/mol. The van der Waals surface area contributed by atoms with Crippen LogP contribution in [0.15, 0.2) is 18.2 Å². The smallest absolute Gasteiger partial charge is 0.253 e. The number of aromatic hydroxyl groups is 1. The van der Waals surface area contributed by atoms with Gasteiger partial charge in [-0.05, 0) is 38.8 Å². The molecule has 0 atom stereocenters. The van der Waals surface area contributed by atoms with E-state index in [2.05, 4.69) is 23.3 Å². The van der Waals surface area contributed by atoms with Crippen molar-refractivity contribution in [1.82, 2.24) is 9.55 Å². The Morgan fingerprint density at radius 1 is 1.30 bits per heavy atom. The van der Waals surface area contributed by atoms with Crippen molar-refractivity contribution in [1.29, 1.82) is 0 Å². The van der Waals surface area contributed by atoms with Gasteiger partial charge >= 0.3 is 0 Å². The van der Waals surface area contributed by atoms with Crippen LogP contribution in [-0.4, -0.2) is 27.6 Å². The number of hydrogen-bond donors (Lipinski definition) is 4. The van der Waals surface area contributed by atoms with Gasteiger partial charge in [-0.25, -0.2) is 4.98 Å². The summed E-state index contributed by atoms with van der Waals surface area (Å²) in [6, 6.07) is 3.48. The average Bonchev–Trinajstić information content (AvgIpc) is 3.00. The number of primary amides is 1. The van der Waals surface area contributed by atoms with Gasteiger partial charge < -0.3 is 21.9 Å². The van der Waals surface area contributed by atoms with Crippen LogP contribution >= 0.6 is 0 Å². The Bertz CT molecular complexity index is 1170. The van der Waals surface area contributed by atoms with E-state index < -0.39 is 5.91 Å². The number of anilines is 2. The van der Waals surface area contributed by atoms with Gasteiger partial charge in [-0.1, -0.05) is 31.6 Å². The first kappa shape index (κ1) is 21.2. The summed E-state index contributed by atoms with van der Waals surface area (Å²) in [6.07, 6.45) is 5.99. The number of nitrogens with zero attached hydrogens (tertiary/aromatic N) is 2. The minimum absolute atomic E-state index is 0.153. The molecule has 0 spiro atoms. The third-order valence-corrected chi connectivity index (χ3v) is 5.41. The fourth-order valence-electron chi connectivity index (χ4n) is 3.96. The van der Waals surface area contributed by atoms with E-state index in [0.717, 1.165) is 35.2 Å². The molecule has 7 heteroatoms. The molecule has 0 saturated carbocycles. The van der Waals surface area contributed by atoms with Crippen LogP contribution in [0.1, 0.15) is 52.5 Å². The van der Waals surface area contributed by atoms with E-state index in [0.29, 0.717) is 22.5 Å². The molecule has 0 aliphatic rings. The van der Waals surface area contributed by atoms with Crippen LogP contribution in [-0.2, 0) is 0 Å². The quantitative estimate of drug-likeness (QED) is 0.488. The second-order valence-corrected chi connectivity index (χ2v) is 7.46. The second-order valence-electron chi connectivity index (χ2n) is 7.46. The fraction of sp³-hybridized carbons (Fsp3) is 0.304. The average molecular weight is 408 g/mol. The van der Waals surface area contributed by atoms with Gasteiger partial charge in [-0.3, -0.25) is 9.36 Å². The highest BCUT2D eigenvalue weighted by molar-refractivity contribution is 6.14. The van der Waals surface area contributed by atoms with Gasteiger partial charge in [0.25, 0.3) is 5.91 Å². The zero-order valence-corrected chi connectivity index (χ0v) is 18.1. The van der Waals surface area contributed by atoms with E-state index in [-0.39, 0.29) is 17.1 Å². The maximum Gasteiger partial charge on any atom is 0.253 e. The minimum atomic E-state index is -0.614. The molecule has 2 aromatic heterocycles. The normalized spacial score (nSPS) is 11.5. The predicted octanol–water partition coefficient (Wildman–Crippen LogP) is 4.19. The molecule has 2 heterocycles. The maximum atomic E-state index is 12.4. The van der Waals surface area contributed by atoms with Crippen molar-refractivity contribution in [2.75, 3.05) is 18.1 Å². The first-order chi connectivity index (χ1) is 14.2. The first-order valence-electron chi connectivity index (χ1n) is 10.0. The Kier molecular flexibility index (Phi) is 5.73. The van der Waals surface area contributed by atoms with Crippen molar-refractivity contribution < 1.29 is 9.90 Å². The molecular weight excluding hydrogens is 378 g/mol. The molecule has 0 radical (unpaired) electrons. The summed E-state index contributed by atoms with van der Waals surface area (Å²) >= 11 is 0. The topological polar surface area (TPSA) is 119 Å². The Labute approximate surface area is 176 Å². The molecule has 3 rings (SSSR count). The lowest BCUT2D eigenvalue weighted by Gasteiger charge is -2.18. The summed E-state index contributed by atoms with van der Waals surface area (Å²) in [5.74, 6) is 0.452. The lowest BCUT2D eigenvalue weighted by atomic mass is 10.0. The molecule has 158 valence electrons. The summed E-state index contributed by atoms with van der Waals surface area (Å²) in [7, 11) is 1.81. The van der Waals surface area contributed by atoms with Gasteiger partial charge in [0, 0.05) is 23.6 Å². The number of pyridine rings is 1. The largest absolute Gasteiger partial charge is 0.508 e. The third-order valence-electron chi connectivity index (χ3n) is 5.41. The zero-order chi connectivity index (χ0) is 22.2. The number of nitrogens with one attached hydrogen (secondary N) is 1. The number of carbonyl (C=O) groups is 1. The number of aryl methyl sites for hydroxylation is 2. The summed E-state index contributed by atoms with van der Waals surface area (Å²) in [5.41, 5.74) is 17.0. The molecule has 1 aromatic carbocycles. The molecule has 0 saturated heterocycles. The number of rotatable bonds is 6. The second kappa shape index (κ2) is 8.10. The molecule has 0 bridgehead atoms. The van der Waals surface area contributed by atoms with Gasteiger partial charge in [-0.2, -0.15) is 0 Å². The highest BCUT2D eigenvalue weighted by Gasteiger charge is 2.27. The van der Waals surface area contributed by atoms with Gasteiger partial charge in [0.05, 0.1) is 22.5 Å². The van der Waals surface area contributed by atoms with E-state index in [1.165, 1.54) is 0 Å². The standard InChI is InChI=1S/C23H29N5O2/c1-6-7-8-9-15-20-17(14(4)27-23(15)26-5)18(22(25)30)21(24)28(20)19-12(2)10-11-16(29)13(19)3/h8-11,29H,6-7,24H2,1-5H3,(H2,25,30)(H,26,27)/b9-8-. The van der Waals surface area contributed by atoms with Crippen LogP contribution in [0, 0.1) is 20.8 Å². The highest BCUT2D eigenvalue weighted by atomic mass is 16.3. The van der Waals surface area contributed by atoms with Gasteiger partial charge in [-0.15, -0.1) is 0 Å². The third kappa shape index (κ3) is 3.26. The van der Waals surface area contributed by atoms with E-state index in [1.807, 2.05) is 37.5 Å². The van der Waals surface area contributed by atoms with Crippen molar-refractivity contribution in [3.63, 3.8) is 0 Å². The van der Waals surface area contributed by atoms with Crippen LogP contribution in [0.25, 0.3) is 22.7 Å². The van der Waals surface area contributed by atoms with Gasteiger partial charge in [0.2, 0.25) is 0 Å². The molecule has 0 unspecified atom stereocenters. The number of phenolic OH excluding ortho intramolecular Hbond substituents is 1. The lowest BCUT2D eigenvalue weighted by Crippen LogP contribution is -2.14. The number of amides is 1. The zero-order valence-electron chi connectivity index (χ0n) is 18.1. The van der Waals surface area contributed by atoms with Crippen molar-refractivity contribution in [2.45, 2.75) is 40.5 Å². The van der Waals surface area contributed by atoms with E-state index in [9.17, 15) is 9.90 Å². The highest BCUT2D eigenvalue weighted by Crippen LogP contribution is 2.40. The van der Waals surface area contributed by atoms with Crippen molar-refractivity contribution in [3.8, 4) is 11.4 Å². The summed E-state index contributed by atoms with van der Waals surface area (Å²) in [6.45, 7) is 7.71. The van der Waals surface area contributed by atoms with Gasteiger partial charge in [0.1, 0.15) is 17.4 Å². The van der Waals surface area contributed by atoms with Crippen LogP contribution in [0.5, 0.6) is 5.75 Å². The first-order valence-corrected chi connectivity index (χ1v) is 10.0. The molecule has 7 nitrogen and oxygen atoms in total. The SMILES string of the molecule is CCC/C=C\c1c(NC)nc(C)c2c(C(N)=O)c(N)n(-c3c(C)ccc(O)c3C)c12. The molecule has 6 N–H and O–H groups in total. The number of nitrogens with two attached hydrogens (primary N) is 2. The minimum Gasteiger partial charge on any atom is -0.508 e. The summed E-state index contributed by atoms with van der Waals surface area (Å²) < 4.78 is 1.82. The summed E-state index contributed by atoms with van der Waals surface area (Å²) in [5, 5.41) is 14.2. The molecule has 0 aliphatic carbocycles. The molecule has 0 fully saturated rings. The Morgan fingerprint density at radius 2 is 2.00 bits per heavy atom. The number of allylic oxidation sites excluding steroid dienone is 1. The van der Waals surface area contributed by atoms with Crippen molar-refractivity contribution in [2.24, 2.45) is 5.73 Å². The molecule has 30 heavy (non-hydrogen) atoms. The maximum absolute atomic E-state index is 12.4. The van der Waals surface area contributed by atoms with Crippen molar-refractivity contribution in [3.05, 3.63) is 46.2 Å². The number of fused-ring (bicyclic) bond motifs is 1. The molecule has 3 aromatic rings. The number of nitrogen functional groups attached to an aromatic ring is 1. The van der Waals surface area contributed by atoms with E-state index in [1.54, 1.807) is 13.1 Å². The van der Waals surface area contributed by atoms with Crippen LogP contribution < -0.4 is 16.8 Å². The van der Waals surface area contributed by atoms with Crippen LogP contribution in [0.3, 0.4) is 0 Å². The molecular formula is C23H29N5O2. The van der Waals surface area contributed by atoms with Crippen LogP contribution in [0.4, 0.5) is 11.6 Å².